The lowest BCUT2D eigenvalue weighted by molar-refractivity contribution is 0.215. The van der Waals surface area contributed by atoms with E-state index in [0.29, 0.717) is 23.7 Å². The fourth-order valence-corrected chi connectivity index (χ4v) is 6.87. The molecule has 0 bridgehead atoms. The van der Waals surface area contributed by atoms with Gasteiger partial charge in [0.15, 0.2) is 0 Å². The Bertz CT molecular complexity index is 1340. The normalized spacial score (nSPS) is 18.5. The maximum atomic E-state index is 13.6. The molecule has 2 aliphatic heterocycles. The van der Waals surface area contributed by atoms with Crippen molar-refractivity contribution < 1.29 is 4.21 Å². The van der Waals surface area contributed by atoms with Gasteiger partial charge >= 0.3 is 0 Å². The van der Waals surface area contributed by atoms with Gasteiger partial charge in [-0.2, -0.15) is 4.98 Å². The van der Waals surface area contributed by atoms with Crippen LogP contribution in [0.5, 0.6) is 0 Å². The van der Waals surface area contributed by atoms with Crippen molar-refractivity contribution in [2.24, 2.45) is 5.92 Å². The number of hydrogen-bond donors (Lipinski definition) is 1. The number of piperidine rings is 1. The number of pyridine rings is 1. The van der Waals surface area contributed by atoms with Crippen molar-refractivity contribution in [3.8, 4) is 11.1 Å². The summed E-state index contributed by atoms with van der Waals surface area (Å²) in [5, 5.41) is 4.21. The molecule has 3 aromatic rings. The van der Waals surface area contributed by atoms with Gasteiger partial charge < -0.3 is 10.2 Å². The van der Waals surface area contributed by atoms with Crippen LogP contribution in [0.1, 0.15) is 44.6 Å². The standard InChI is InChI=1S/C28H38N6O2S/c1-4-34-26-22(19-30-28(31-26)29-12-9-21-10-15-32(3)16-11-21)18-25(27(34)35)24-8-7-23(17-20(24)2)37(36)33-13-5-6-14-33/h7-8,17-19,21H,4-6,9-16H2,1-3H3,(H,29,30,31). The Morgan fingerprint density at radius 3 is 2.54 bits per heavy atom. The number of nitrogens with zero attached hydrogens (tertiary/aromatic N) is 5. The van der Waals surface area contributed by atoms with E-state index in [2.05, 4.69) is 22.2 Å². The first-order valence-corrected chi connectivity index (χ1v) is 14.7. The molecule has 0 spiro atoms. The Morgan fingerprint density at radius 1 is 1.08 bits per heavy atom. The van der Waals surface area contributed by atoms with Gasteiger partial charge in [0.05, 0.1) is 4.90 Å². The van der Waals surface area contributed by atoms with Crippen LogP contribution in [-0.2, 0) is 17.5 Å². The smallest absolute Gasteiger partial charge is 0.260 e. The van der Waals surface area contributed by atoms with E-state index < -0.39 is 11.0 Å². The number of aryl methyl sites for hydroxylation is 2. The lowest BCUT2D eigenvalue weighted by atomic mass is 9.94. The van der Waals surface area contributed by atoms with Gasteiger partial charge in [0.2, 0.25) is 5.95 Å². The minimum absolute atomic E-state index is 0.0671. The molecule has 2 aliphatic rings. The number of likely N-dealkylation sites (tertiary alicyclic amines) is 1. The summed E-state index contributed by atoms with van der Waals surface area (Å²) >= 11 is 0. The molecule has 37 heavy (non-hydrogen) atoms. The van der Waals surface area contributed by atoms with E-state index in [1.807, 2.05) is 48.6 Å². The summed E-state index contributed by atoms with van der Waals surface area (Å²) in [6, 6.07) is 7.68. The number of nitrogens with one attached hydrogen (secondary N) is 1. The van der Waals surface area contributed by atoms with Gasteiger partial charge in [-0.05, 0) is 101 Å². The lowest BCUT2D eigenvalue weighted by Gasteiger charge is -2.28. The van der Waals surface area contributed by atoms with Gasteiger partial charge in [0, 0.05) is 43.3 Å². The highest BCUT2D eigenvalue weighted by atomic mass is 32.2. The Balaban J connectivity index is 1.37. The Hall–Kier alpha value is -2.62. The highest BCUT2D eigenvalue weighted by Crippen LogP contribution is 2.27. The van der Waals surface area contributed by atoms with Crippen LogP contribution in [-0.4, -0.2) is 67.7 Å². The zero-order valence-electron chi connectivity index (χ0n) is 22.2. The first-order chi connectivity index (χ1) is 17.9. The fraction of sp³-hybridized carbons (Fsp3) is 0.536. The zero-order valence-corrected chi connectivity index (χ0v) is 23.0. The quantitative estimate of drug-likeness (QED) is 0.481. The minimum atomic E-state index is -1.16. The molecule has 1 aromatic carbocycles. The number of rotatable bonds is 8. The molecule has 8 nitrogen and oxygen atoms in total. The highest BCUT2D eigenvalue weighted by Gasteiger charge is 2.21. The predicted octanol–water partition coefficient (Wildman–Crippen LogP) is 4.05. The molecule has 1 atom stereocenters. The summed E-state index contributed by atoms with van der Waals surface area (Å²) in [6.07, 6.45) is 7.57. The van der Waals surface area contributed by atoms with Gasteiger partial charge in [-0.1, -0.05) is 6.07 Å². The third-order valence-corrected chi connectivity index (χ3v) is 9.30. The topological polar surface area (TPSA) is 83.4 Å². The van der Waals surface area contributed by atoms with Crippen LogP contribution in [0, 0.1) is 12.8 Å². The van der Waals surface area contributed by atoms with Crippen molar-refractivity contribution in [2.75, 3.05) is 45.1 Å². The number of anilines is 1. The molecule has 1 N–H and O–H groups in total. The van der Waals surface area contributed by atoms with Crippen molar-refractivity contribution in [2.45, 2.75) is 57.4 Å². The van der Waals surface area contributed by atoms with Gasteiger partial charge in [-0.15, -0.1) is 0 Å². The molecule has 2 aromatic heterocycles. The Kier molecular flexibility index (Phi) is 8.02. The largest absolute Gasteiger partial charge is 0.354 e. The molecule has 0 saturated carbocycles. The van der Waals surface area contributed by atoms with Crippen LogP contribution in [0.15, 0.2) is 40.2 Å². The van der Waals surface area contributed by atoms with Gasteiger partial charge in [0.25, 0.3) is 5.56 Å². The Morgan fingerprint density at radius 2 is 1.84 bits per heavy atom. The molecule has 2 saturated heterocycles. The van der Waals surface area contributed by atoms with Gasteiger partial charge in [-0.25, -0.2) is 13.5 Å². The van der Waals surface area contributed by atoms with Gasteiger partial charge in [-0.3, -0.25) is 9.36 Å². The SMILES string of the molecule is CCn1c(=O)c(-c2ccc(S(=O)N3CCCC3)cc2C)cc2cnc(NCCC3CCN(C)CC3)nc21. The predicted molar refractivity (Wildman–Crippen MR) is 150 cm³/mol. The molecular formula is C28H38N6O2S. The van der Waals surface area contributed by atoms with Crippen LogP contribution < -0.4 is 10.9 Å². The molecule has 5 rings (SSSR count). The summed E-state index contributed by atoms with van der Waals surface area (Å²) in [6.45, 7) is 9.37. The number of aromatic nitrogens is 3. The number of fused-ring (bicyclic) bond motifs is 1. The first-order valence-electron chi connectivity index (χ1n) is 13.6. The van der Waals surface area contributed by atoms with E-state index in [1.165, 1.54) is 25.9 Å². The van der Waals surface area contributed by atoms with Crippen molar-refractivity contribution >= 4 is 28.0 Å². The van der Waals surface area contributed by atoms with Crippen LogP contribution in [0.4, 0.5) is 5.95 Å². The maximum Gasteiger partial charge on any atom is 0.260 e. The zero-order chi connectivity index (χ0) is 25.9. The molecular weight excluding hydrogens is 484 g/mol. The molecule has 198 valence electrons. The second-order valence-corrected chi connectivity index (χ2v) is 11.9. The molecule has 1 unspecified atom stereocenters. The summed E-state index contributed by atoms with van der Waals surface area (Å²) in [5.74, 6) is 1.31. The molecule has 9 heteroatoms. The highest BCUT2D eigenvalue weighted by molar-refractivity contribution is 7.82. The fourth-order valence-electron chi connectivity index (χ4n) is 5.52. The average molecular weight is 523 g/mol. The van der Waals surface area contributed by atoms with E-state index in [-0.39, 0.29) is 5.56 Å². The summed E-state index contributed by atoms with van der Waals surface area (Å²) in [7, 11) is 1.03. The molecule has 0 aliphatic carbocycles. The van der Waals surface area contributed by atoms with Crippen molar-refractivity contribution in [3.05, 3.63) is 46.4 Å². The van der Waals surface area contributed by atoms with E-state index in [0.717, 1.165) is 66.2 Å². The maximum absolute atomic E-state index is 13.6. The second kappa shape index (κ2) is 11.4. The second-order valence-electron chi connectivity index (χ2n) is 10.4. The summed E-state index contributed by atoms with van der Waals surface area (Å²) < 4.78 is 16.7. The van der Waals surface area contributed by atoms with Crippen LogP contribution in [0.2, 0.25) is 0 Å². The van der Waals surface area contributed by atoms with E-state index in [1.54, 1.807) is 4.57 Å². The molecule has 0 amide bonds. The van der Waals surface area contributed by atoms with Crippen LogP contribution >= 0.6 is 0 Å². The van der Waals surface area contributed by atoms with Crippen molar-refractivity contribution in [3.63, 3.8) is 0 Å². The first kappa shape index (κ1) is 26.0. The van der Waals surface area contributed by atoms with Crippen molar-refractivity contribution in [1.29, 1.82) is 0 Å². The van der Waals surface area contributed by atoms with Gasteiger partial charge in [0.1, 0.15) is 16.6 Å². The molecule has 2 fully saturated rings. The average Bonchev–Trinajstić information content (AvgIpc) is 3.44. The van der Waals surface area contributed by atoms with Crippen LogP contribution in [0.25, 0.3) is 22.2 Å². The third-order valence-electron chi connectivity index (χ3n) is 7.81. The summed E-state index contributed by atoms with van der Waals surface area (Å²) in [5.41, 5.74) is 3.01. The van der Waals surface area contributed by atoms with E-state index in [9.17, 15) is 9.00 Å². The third kappa shape index (κ3) is 5.63. The Labute approximate surface area is 221 Å². The van der Waals surface area contributed by atoms with Crippen molar-refractivity contribution in [1.82, 2.24) is 23.7 Å². The number of hydrogen-bond acceptors (Lipinski definition) is 6. The molecule has 0 radical (unpaired) electrons. The lowest BCUT2D eigenvalue weighted by Crippen LogP contribution is -2.31. The summed E-state index contributed by atoms with van der Waals surface area (Å²) in [4.78, 5) is 26.0. The minimum Gasteiger partial charge on any atom is -0.354 e. The molecule has 4 heterocycles. The van der Waals surface area contributed by atoms with Crippen LogP contribution in [0.3, 0.4) is 0 Å². The van der Waals surface area contributed by atoms with E-state index in [4.69, 9.17) is 4.98 Å². The number of benzene rings is 1. The van der Waals surface area contributed by atoms with E-state index >= 15 is 0 Å². The monoisotopic (exact) mass is 522 g/mol.